The second kappa shape index (κ2) is 6.00. The van der Waals surface area contributed by atoms with E-state index in [0.717, 1.165) is 56.9 Å². The Morgan fingerprint density at radius 3 is 2.50 bits per heavy atom. The topological polar surface area (TPSA) is 41.5 Å². The molecule has 1 aliphatic heterocycles. The van der Waals surface area contributed by atoms with Crippen LogP contribution in [0.3, 0.4) is 0 Å². The van der Waals surface area contributed by atoms with Crippen LogP contribution in [-0.4, -0.2) is 49.4 Å². The van der Waals surface area contributed by atoms with Crippen LogP contribution >= 0.6 is 0 Å². The zero-order valence-electron chi connectivity index (χ0n) is 11.5. The monoisotopic (exact) mass is 250 g/mol. The molecule has 0 N–H and O–H groups in total. The van der Waals surface area contributed by atoms with Crippen LogP contribution in [0.15, 0.2) is 6.07 Å². The van der Waals surface area contributed by atoms with Gasteiger partial charge in [-0.3, -0.25) is 0 Å². The van der Waals surface area contributed by atoms with E-state index in [9.17, 15) is 0 Å². The van der Waals surface area contributed by atoms with Crippen molar-refractivity contribution in [3.05, 3.63) is 11.8 Å². The van der Waals surface area contributed by atoms with E-state index in [4.69, 9.17) is 4.74 Å². The van der Waals surface area contributed by atoms with Gasteiger partial charge in [0, 0.05) is 37.9 Å². The molecule has 0 bridgehead atoms. The molecule has 2 rings (SSSR count). The van der Waals surface area contributed by atoms with Gasteiger partial charge in [-0.1, -0.05) is 0 Å². The summed E-state index contributed by atoms with van der Waals surface area (Å²) < 4.78 is 5.38. The number of hydrogen-bond acceptors (Lipinski definition) is 5. The summed E-state index contributed by atoms with van der Waals surface area (Å²) >= 11 is 0. The first-order chi connectivity index (χ1) is 8.74. The van der Waals surface area contributed by atoms with Gasteiger partial charge in [0.1, 0.15) is 5.82 Å². The molecule has 0 spiro atoms. The van der Waals surface area contributed by atoms with Gasteiger partial charge in [-0.15, -0.1) is 0 Å². The van der Waals surface area contributed by atoms with Gasteiger partial charge in [0.2, 0.25) is 5.95 Å². The number of aromatic nitrogens is 2. The molecule has 0 aliphatic carbocycles. The standard InChI is InChI=1S/C13H22N4O/c1-4-16(5-2)13-14-11(3)10-12(15-13)17-6-8-18-9-7-17/h10H,4-9H2,1-3H3. The van der Waals surface area contributed by atoms with Gasteiger partial charge in [-0.25, -0.2) is 4.98 Å². The molecule has 0 amide bonds. The summed E-state index contributed by atoms with van der Waals surface area (Å²) in [6, 6.07) is 2.05. The second-order valence-corrected chi connectivity index (χ2v) is 4.44. The summed E-state index contributed by atoms with van der Waals surface area (Å²) in [6.45, 7) is 11.5. The predicted molar refractivity (Wildman–Crippen MR) is 73.4 cm³/mol. The van der Waals surface area contributed by atoms with Crippen LogP contribution in [0.2, 0.25) is 0 Å². The van der Waals surface area contributed by atoms with E-state index in [1.54, 1.807) is 0 Å². The maximum absolute atomic E-state index is 5.38. The number of ether oxygens (including phenoxy) is 1. The lowest BCUT2D eigenvalue weighted by molar-refractivity contribution is 0.122. The largest absolute Gasteiger partial charge is 0.378 e. The van der Waals surface area contributed by atoms with E-state index in [0.29, 0.717) is 0 Å². The van der Waals surface area contributed by atoms with Crippen molar-refractivity contribution in [3.8, 4) is 0 Å². The molecule has 0 atom stereocenters. The van der Waals surface area contributed by atoms with Crippen molar-refractivity contribution in [1.29, 1.82) is 0 Å². The highest BCUT2D eigenvalue weighted by Gasteiger charge is 2.15. The molecule has 1 aromatic heterocycles. The summed E-state index contributed by atoms with van der Waals surface area (Å²) in [5, 5.41) is 0. The van der Waals surface area contributed by atoms with Crippen LogP contribution < -0.4 is 9.80 Å². The lowest BCUT2D eigenvalue weighted by Crippen LogP contribution is -2.37. The normalized spacial score (nSPS) is 15.8. The van der Waals surface area contributed by atoms with Crippen molar-refractivity contribution in [3.63, 3.8) is 0 Å². The van der Waals surface area contributed by atoms with Crippen LogP contribution in [0.4, 0.5) is 11.8 Å². The Labute approximate surface area is 109 Å². The van der Waals surface area contributed by atoms with Gasteiger partial charge in [-0.05, 0) is 20.8 Å². The average molecular weight is 250 g/mol. The molecule has 0 aromatic carbocycles. The fraction of sp³-hybridized carbons (Fsp3) is 0.692. The molecule has 1 aromatic rings. The van der Waals surface area contributed by atoms with Gasteiger partial charge >= 0.3 is 0 Å². The molecule has 1 aliphatic rings. The minimum absolute atomic E-state index is 0.781. The second-order valence-electron chi connectivity index (χ2n) is 4.44. The first kappa shape index (κ1) is 13.1. The zero-order chi connectivity index (χ0) is 13.0. The lowest BCUT2D eigenvalue weighted by Gasteiger charge is -2.29. The fourth-order valence-corrected chi connectivity index (χ4v) is 2.14. The van der Waals surface area contributed by atoms with Crippen molar-refractivity contribution in [2.75, 3.05) is 49.2 Å². The molecule has 1 saturated heterocycles. The van der Waals surface area contributed by atoms with Crippen molar-refractivity contribution in [1.82, 2.24) is 9.97 Å². The number of anilines is 2. The number of morpholine rings is 1. The minimum Gasteiger partial charge on any atom is -0.378 e. The summed E-state index contributed by atoms with van der Waals surface area (Å²) in [6.07, 6.45) is 0. The van der Waals surface area contributed by atoms with E-state index >= 15 is 0 Å². The zero-order valence-corrected chi connectivity index (χ0v) is 11.5. The summed E-state index contributed by atoms with van der Waals surface area (Å²) in [5.41, 5.74) is 1.02. The van der Waals surface area contributed by atoms with Crippen LogP contribution in [0.5, 0.6) is 0 Å². The quantitative estimate of drug-likeness (QED) is 0.809. The first-order valence-electron chi connectivity index (χ1n) is 6.68. The smallest absolute Gasteiger partial charge is 0.227 e. The Kier molecular flexibility index (Phi) is 4.36. The Morgan fingerprint density at radius 2 is 1.89 bits per heavy atom. The van der Waals surface area contributed by atoms with Crippen LogP contribution in [0, 0.1) is 6.92 Å². The minimum atomic E-state index is 0.781. The summed E-state index contributed by atoms with van der Waals surface area (Å²) in [7, 11) is 0. The van der Waals surface area contributed by atoms with Gasteiger partial charge in [0.05, 0.1) is 13.2 Å². The Hall–Kier alpha value is -1.36. The van der Waals surface area contributed by atoms with E-state index in [1.165, 1.54) is 0 Å². The average Bonchev–Trinajstić information content (AvgIpc) is 2.40. The Morgan fingerprint density at radius 1 is 1.22 bits per heavy atom. The molecular formula is C13H22N4O. The van der Waals surface area contributed by atoms with Crippen molar-refractivity contribution >= 4 is 11.8 Å². The lowest BCUT2D eigenvalue weighted by atomic mass is 10.3. The fourth-order valence-electron chi connectivity index (χ4n) is 2.14. The van der Waals surface area contributed by atoms with Crippen LogP contribution in [0.25, 0.3) is 0 Å². The van der Waals surface area contributed by atoms with E-state index in [-0.39, 0.29) is 0 Å². The van der Waals surface area contributed by atoms with Crippen molar-refractivity contribution in [2.45, 2.75) is 20.8 Å². The molecule has 2 heterocycles. The maximum atomic E-state index is 5.38. The molecule has 0 unspecified atom stereocenters. The third-order valence-electron chi connectivity index (χ3n) is 3.21. The number of rotatable bonds is 4. The third-order valence-corrected chi connectivity index (χ3v) is 3.21. The van der Waals surface area contributed by atoms with Gasteiger partial charge in [0.25, 0.3) is 0 Å². The van der Waals surface area contributed by atoms with Gasteiger partial charge in [0.15, 0.2) is 0 Å². The first-order valence-corrected chi connectivity index (χ1v) is 6.68. The van der Waals surface area contributed by atoms with E-state index in [2.05, 4.69) is 39.7 Å². The maximum Gasteiger partial charge on any atom is 0.227 e. The molecule has 100 valence electrons. The SMILES string of the molecule is CCN(CC)c1nc(C)cc(N2CCOCC2)n1. The van der Waals surface area contributed by atoms with E-state index in [1.807, 2.05) is 6.92 Å². The predicted octanol–water partition coefficient (Wildman–Crippen LogP) is 1.47. The Balaban J connectivity index is 2.24. The van der Waals surface area contributed by atoms with Crippen molar-refractivity contribution in [2.24, 2.45) is 0 Å². The Bertz CT molecular complexity index is 387. The highest BCUT2D eigenvalue weighted by Crippen LogP contribution is 2.18. The molecular weight excluding hydrogens is 228 g/mol. The van der Waals surface area contributed by atoms with Crippen LogP contribution in [0.1, 0.15) is 19.5 Å². The molecule has 0 radical (unpaired) electrons. The summed E-state index contributed by atoms with van der Waals surface area (Å²) in [4.78, 5) is 13.7. The molecule has 5 heteroatoms. The molecule has 0 saturated carbocycles. The van der Waals surface area contributed by atoms with E-state index < -0.39 is 0 Å². The number of aryl methyl sites for hydroxylation is 1. The molecule has 5 nitrogen and oxygen atoms in total. The van der Waals surface area contributed by atoms with Crippen LogP contribution in [-0.2, 0) is 4.74 Å². The number of hydrogen-bond donors (Lipinski definition) is 0. The number of nitrogens with zero attached hydrogens (tertiary/aromatic N) is 4. The highest BCUT2D eigenvalue weighted by molar-refractivity contribution is 5.46. The van der Waals surface area contributed by atoms with Gasteiger partial charge in [-0.2, -0.15) is 4.98 Å². The molecule has 18 heavy (non-hydrogen) atoms. The highest BCUT2D eigenvalue weighted by atomic mass is 16.5. The van der Waals surface area contributed by atoms with Gasteiger partial charge < -0.3 is 14.5 Å². The third kappa shape index (κ3) is 2.90. The molecule has 1 fully saturated rings. The summed E-state index contributed by atoms with van der Waals surface area (Å²) in [5.74, 6) is 1.86. The van der Waals surface area contributed by atoms with Crippen molar-refractivity contribution < 1.29 is 4.74 Å².